The fourth-order valence-corrected chi connectivity index (χ4v) is 11.1. The molecule has 0 radical (unpaired) electrons. The van der Waals surface area contributed by atoms with E-state index in [-0.39, 0.29) is 0 Å². The van der Waals surface area contributed by atoms with Crippen LogP contribution >= 0.6 is 77.2 Å². The van der Waals surface area contributed by atoms with Gasteiger partial charge in [-0.1, -0.05) is 78.1 Å². The molecule has 0 spiro atoms. The minimum absolute atomic E-state index is 1.21. The lowest BCUT2D eigenvalue weighted by molar-refractivity contribution is 0.609. The first-order valence-corrected chi connectivity index (χ1v) is 18.6. The van der Waals surface area contributed by atoms with Gasteiger partial charge in [0.15, 0.2) is 0 Å². The molecular weight excluding hydrogens is 648 g/mol. The van der Waals surface area contributed by atoms with E-state index in [0.717, 1.165) is 0 Å². The van der Waals surface area contributed by atoms with Crippen molar-refractivity contribution in [3.63, 3.8) is 0 Å². The quantitative estimate of drug-likeness (QED) is 0.103. The average molecular weight is 687 g/mol. The van der Waals surface area contributed by atoms with Crippen LogP contribution < -0.4 is 0 Å². The minimum atomic E-state index is 1.21. The van der Waals surface area contributed by atoms with Gasteiger partial charge in [0.25, 0.3) is 0 Å². The molecule has 0 saturated carbocycles. The molecule has 4 rings (SSSR count). The number of fused-ring (bicyclic) bond motifs is 1. The highest BCUT2D eigenvalue weighted by atomic mass is 79.9. The van der Waals surface area contributed by atoms with Gasteiger partial charge in [-0.15, -0.1) is 45.3 Å². The van der Waals surface area contributed by atoms with Gasteiger partial charge in [-0.3, -0.25) is 0 Å². The van der Waals surface area contributed by atoms with E-state index in [4.69, 9.17) is 0 Å². The van der Waals surface area contributed by atoms with Crippen LogP contribution in [0.5, 0.6) is 0 Å². The Morgan fingerprint density at radius 3 is 1.25 bits per heavy atom. The third-order valence-electron chi connectivity index (χ3n) is 6.82. The van der Waals surface area contributed by atoms with Crippen LogP contribution in [0.1, 0.15) is 101 Å². The molecule has 0 aliphatic carbocycles. The zero-order valence-corrected chi connectivity index (χ0v) is 28.0. The van der Waals surface area contributed by atoms with E-state index in [1.54, 1.807) is 9.75 Å². The normalized spacial score (nSPS) is 11.8. The molecule has 0 fully saturated rings. The first kappa shape index (κ1) is 29.0. The molecule has 0 aromatic carbocycles. The Bertz CT molecular complexity index is 1120. The van der Waals surface area contributed by atoms with Crippen LogP contribution in [0.4, 0.5) is 0 Å². The minimum Gasteiger partial charge on any atom is -0.138 e. The predicted molar refractivity (Wildman–Crippen MR) is 176 cm³/mol. The van der Waals surface area contributed by atoms with Gasteiger partial charge in [-0.2, -0.15) is 0 Å². The molecule has 4 heterocycles. The summed E-state index contributed by atoms with van der Waals surface area (Å²) in [5.74, 6) is 0. The number of unbranched alkanes of at least 4 members (excludes halogenated alkanes) is 10. The Morgan fingerprint density at radius 1 is 0.500 bits per heavy atom. The van der Waals surface area contributed by atoms with Crippen LogP contribution in [0.2, 0.25) is 0 Å². The summed E-state index contributed by atoms with van der Waals surface area (Å²) in [5.41, 5.74) is 3.07. The molecule has 0 atom stereocenters. The van der Waals surface area contributed by atoms with Crippen molar-refractivity contribution in [2.45, 2.75) is 104 Å². The molecule has 0 aliphatic heterocycles. The standard InChI is InChI=1S/C30H38Br2S4/c1-3-5-7-9-11-13-15-21-27(23-17-19-25(31)33-23)29-30(35-21)28(24-18-20-26(32)34-24)22(36-29)16-14-12-10-8-6-4-2/h17-20H,3-16H2,1-2H3. The molecule has 196 valence electrons. The molecule has 0 unspecified atom stereocenters. The van der Waals surface area contributed by atoms with Gasteiger partial charge in [0.2, 0.25) is 0 Å². The van der Waals surface area contributed by atoms with Gasteiger partial charge in [-0.05, 0) is 81.8 Å². The van der Waals surface area contributed by atoms with E-state index in [1.165, 1.54) is 128 Å². The van der Waals surface area contributed by atoms with Gasteiger partial charge in [0.1, 0.15) is 0 Å². The summed E-state index contributed by atoms with van der Waals surface area (Å²) >= 11 is 15.4. The average Bonchev–Trinajstić information content (AvgIpc) is 3.63. The second-order valence-corrected chi connectivity index (χ2v) is 16.8. The lowest BCUT2D eigenvalue weighted by Gasteiger charge is -2.05. The highest BCUT2D eigenvalue weighted by molar-refractivity contribution is 9.11. The van der Waals surface area contributed by atoms with Gasteiger partial charge in [0.05, 0.1) is 17.0 Å². The summed E-state index contributed by atoms with van der Waals surface area (Å²) in [6.45, 7) is 4.60. The van der Waals surface area contributed by atoms with E-state index < -0.39 is 0 Å². The van der Waals surface area contributed by atoms with Crippen LogP contribution in [0.3, 0.4) is 0 Å². The van der Waals surface area contributed by atoms with Crippen molar-refractivity contribution in [3.8, 4) is 20.9 Å². The monoisotopic (exact) mass is 684 g/mol. The summed E-state index contributed by atoms with van der Waals surface area (Å²) in [7, 11) is 0. The Labute approximate surface area is 250 Å². The summed E-state index contributed by atoms with van der Waals surface area (Å²) in [5, 5.41) is 0. The largest absolute Gasteiger partial charge is 0.138 e. The summed E-state index contributed by atoms with van der Waals surface area (Å²) in [4.78, 5) is 6.06. The van der Waals surface area contributed by atoms with E-state index in [1.807, 2.05) is 22.7 Å². The van der Waals surface area contributed by atoms with Crippen LogP contribution in [-0.2, 0) is 12.8 Å². The lowest BCUT2D eigenvalue weighted by Crippen LogP contribution is -1.86. The summed E-state index contributed by atoms with van der Waals surface area (Å²) < 4.78 is 5.54. The number of hydrogen-bond donors (Lipinski definition) is 0. The van der Waals surface area contributed by atoms with Gasteiger partial charge in [-0.25, -0.2) is 0 Å². The first-order chi connectivity index (χ1) is 17.6. The van der Waals surface area contributed by atoms with Gasteiger partial charge < -0.3 is 0 Å². The van der Waals surface area contributed by atoms with E-state index in [2.05, 4.69) is 92.6 Å². The molecule has 0 bridgehead atoms. The molecule has 6 heteroatoms. The molecule has 0 saturated heterocycles. The Balaban J connectivity index is 1.65. The van der Waals surface area contributed by atoms with Crippen molar-refractivity contribution in [3.05, 3.63) is 41.6 Å². The molecule has 0 amide bonds. The van der Waals surface area contributed by atoms with Gasteiger partial charge in [0, 0.05) is 30.6 Å². The Morgan fingerprint density at radius 2 is 0.889 bits per heavy atom. The van der Waals surface area contributed by atoms with Crippen molar-refractivity contribution < 1.29 is 0 Å². The van der Waals surface area contributed by atoms with Crippen LogP contribution in [0.15, 0.2) is 31.8 Å². The molecule has 4 aromatic heterocycles. The van der Waals surface area contributed by atoms with Gasteiger partial charge >= 0.3 is 0 Å². The number of halogens is 2. The van der Waals surface area contributed by atoms with E-state index >= 15 is 0 Å². The summed E-state index contributed by atoms with van der Waals surface area (Å²) in [6.07, 6.45) is 18.7. The van der Waals surface area contributed by atoms with Crippen LogP contribution in [0.25, 0.3) is 30.3 Å². The molecule has 0 aliphatic rings. The zero-order valence-electron chi connectivity index (χ0n) is 21.6. The predicted octanol–water partition coefficient (Wildman–Crippen LogP) is 13.8. The molecule has 0 N–H and O–H groups in total. The topological polar surface area (TPSA) is 0 Å². The fraction of sp³-hybridized carbons (Fsp3) is 0.533. The number of aryl methyl sites for hydroxylation is 2. The van der Waals surface area contributed by atoms with Crippen molar-refractivity contribution in [2.24, 2.45) is 0 Å². The smallest absolute Gasteiger partial charge is 0.0705 e. The maximum absolute atomic E-state index is 3.74. The highest BCUT2D eigenvalue weighted by Crippen LogP contribution is 2.52. The van der Waals surface area contributed by atoms with E-state index in [0.29, 0.717) is 0 Å². The second kappa shape index (κ2) is 15.0. The molecule has 0 nitrogen and oxygen atoms in total. The third-order valence-corrected chi connectivity index (χ3v) is 12.8. The lowest BCUT2D eigenvalue weighted by atomic mass is 10.1. The fourth-order valence-electron chi connectivity index (χ4n) is 4.90. The molecular formula is C30H38Br2S4. The number of hydrogen-bond acceptors (Lipinski definition) is 4. The highest BCUT2D eigenvalue weighted by Gasteiger charge is 2.24. The third kappa shape index (κ3) is 7.57. The Kier molecular flexibility index (Phi) is 12.1. The molecule has 4 aromatic rings. The maximum Gasteiger partial charge on any atom is 0.0705 e. The Hall–Kier alpha value is 0.0200. The number of rotatable bonds is 16. The summed E-state index contributed by atoms with van der Waals surface area (Å²) in [6, 6.07) is 9.10. The van der Waals surface area contributed by atoms with Crippen molar-refractivity contribution in [1.29, 1.82) is 0 Å². The van der Waals surface area contributed by atoms with Crippen molar-refractivity contribution >= 4 is 86.6 Å². The zero-order chi connectivity index (χ0) is 25.3. The van der Waals surface area contributed by atoms with Crippen LogP contribution in [-0.4, -0.2) is 0 Å². The van der Waals surface area contributed by atoms with Crippen LogP contribution in [0, 0.1) is 0 Å². The molecule has 36 heavy (non-hydrogen) atoms. The van der Waals surface area contributed by atoms with Crippen molar-refractivity contribution in [1.82, 2.24) is 0 Å². The number of thiophene rings is 4. The maximum atomic E-state index is 3.74. The second-order valence-electron chi connectivity index (χ2n) is 9.70. The van der Waals surface area contributed by atoms with Crippen molar-refractivity contribution in [2.75, 3.05) is 0 Å². The SMILES string of the molecule is CCCCCCCCc1sc2c(-c3ccc(Br)s3)c(CCCCCCCC)sc2c1-c1ccc(Br)s1. The first-order valence-electron chi connectivity index (χ1n) is 13.7. The van der Waals surface area contributed by atoms with E-state index in [9.17, 15) is 0 Å².